The summed E-state index contributed by atoms with van der Waals surface area (Å²) in [7, 11) is 0. The molecule has 0 fully saturated rings. The summed E-state index contributed by atoms with van der Waals surface area (Å²) in [6.45, 7) is 0. The van der Waals surface area contributed by atoms with Crippen LogP contribution in [0.1, 0.15) is 30.4 Å². The molecule has 0 amide bonds. The van der Waals surface area contributed by atoms with Gasteiger partial charge in [0.1, 0.15) is 5.60 Å². The van der Waals surface area contributed by atoms with E-state index in [9.17, 15) is 5.11 Å². The van der Waals surface area contributed by atoms with Crippen molar-refractivity contribution in [2.24, 2.45) is 0 Å². The van der Waals surface area contributed by atoms with Crippen molar-refractivity contribution in [2.45, 2.75) is 24.9 Å². The largest absolute Gasteiger partial charge is 0.380 e. The van der Waals surface area contributed by atoms with Gasteiger partial charge in [-0.1, -0.05) is 60.7 Å². The second-order valence-corrected chi connectivity index (χ2v) is 5.12. The van der Waals surface area contributed by atoms with Crippen LogP contribution < -0.4 is 0 Å². The Balaban J connectivity index is 2.33. The number of halogens is 1. The summed E-state index contributed by atoms with van der Waals surface area (Å²) in [6, 6.07) is 19.7. The molecule has 19 heavy (non-hydrogen) atoms. The van der Waals surface area contributed by atoms with Gasteiger partial charge in [0.25, 0.3) is 0 Å². The molecule has 1 N–H and O–H groups in total. The summed E-state index contributed by atoms with van der Waals surface area (Å²) in [5.74, 6) is 0.639. The first-order valence-corrected chi connectivity index (χ1v) is 7.20. The van der Waals surface area contributed by atoms with E-state index >= 15 is 0 Å². The number of benzene rings is 2. The van der Waals surface area contributed by atoms with E-state index in [2.05, 4.69) is 0 Å². The number of rotatable bonds is 6. The van der Waals surface area contributed by atoms with E-state index in [4.69, 9.17) is 11.6 Å². The van der Waals surface area contributed by atoms with Crippen molar-refractivity contribution in [3.63, 3.8) is 0 Å². The molecule has 0 aliphatic rings. The second-order valence-electron chi connectivity index (χ2n) is 4.74. The molecule has 0 spiro atoms. The third-order valence-corrected chi connectivity index (χ3v) is 3.69. The maximum atomic E-state index is 11.1. The first-order chi connectivity index (χ1) is 9.27. The fourth-order valence-corrected chi connectivity index (χ4v) is 2.55. The van der Waals surface area contributed by atoms with Gasteiger partial charge in [0.05, 0.1) is 0 Å². The van der Waals surface area contributed by atoms with Crippen molar-refractivity contribution in [1.29, 1.82) is 0 Å². The lowest BCUT2D eigenvalue weighted by molar-refractivity contribution is 0.0685. The quantitative estimate of drug-likeness (QED) is 0.614. The highest BCUT2D eigenvalue weighted by Crippen LogP contribution is 2.34. The minimum absolute atomic E-state index is 0.639. The summed E-state index contributed by atoms with van der Waals surface area (Å²) in [5, 5.41) is 11.1. The highest BCUT2D eigenvalue weighted by molar-refractivity contribution is 6.17. The summed E-state index contributed by atoms with van der Waals surface area (Å²) < 4.78 is 0. The molecule has 0 atom stereocenters. The zero-order valence-electron chi connectivity index (χ0n) is 10.9. The van der Waals surface area contributed by atoms with Crippen molar-refractivity contribution < 1.29 is 5.11 Å². The molecule has 2 rings (SSSR count). The Labute approximate surface area is 119 Å². The fourth-order valence-electron chi connectivity index (χ4n) is 2.36. The van der Waals surface area contributed by atoms with Gasteiger partial charge in [-0.15, -0.1) is 11.6 Å². The number of hydrogen-bond acceptors (Lipinski definition) is 1. The highest BCUT2D eigenvalue weighted by Gasteiger charge is 2.30. The number of unbranched alkanes of at least 4 members (excludes halogenated alkanes) is 1. The summed E-state index contributed by atoms with van der Waals surface area (Å²) in [5.41, 5.74) is 0.959. The van der Waals surface area contributed by atoms with Crippen LogP contribution in [0.3, 0.4) is 0 Å². The predicted molar refractivity (Wildman–Crippen MR) is 80.5 cm³/mol. The molecule has 0 aliphatic heterocycles. The first kappa shape index (κ1) is 14.1. The number of aliphatic hydroxyl groups is 1. The van der Waals surface area contributed by atoms with Crippen LogP contribution >= 0.6 is 11.6 Å². The molecule has 0 saturated heterocycles. The molecular weight excluding hydrogens is 256 g/mol. The molecule has 0 heterocycles. The zero-order valence-corrected chi connectivity index (χ0v) is 11.7. The van der Waals surface area contributed by atoms with Gasteiger partial charge in [-0.05, 0) is 30.4 Å². The van der Waals surface area contributed by atoms with Crippen LogP contribution in [0, 0.1) is 0 Å². The van der Waals surface area contributed by atoms with E-state index in [1.165, 1.54) is 0 Å². The highest BCUT2D eigenvalue weighted by atomic mass is 35.5. The maximum absolute atomic E-state index is 11.1. The molecule has 0 unspecified atom stereocenters. The van der Waals surface area contributed by atoms with Gasteiger partial charge >= 0.3 is 0 Å². The molecule has 0 aliphatic carbocycles. The standard InChI is InChI=1S/C17H19ClO/c18-14-8-7-13-17(19,15-9-3-1-4-10-15)16-11-5-2-6-12-16/h1-6,9-12,19H,7-8,13-14H2. The van der Waals surface area contributed by atoms with Crippen LogP contribution in [-0.4, -0.2) is 11.0 Å². The molecule has 2 heteroatoms. The normalized spacial score (nSPS) is 11.5. The molecule has 2 aromatic rings. The SMILES string of the molecule is OC(CCCCCl)(c1ccccc1)c1ccccc1. The van der Waals surface area contributed by atoms with Crippen molar-refractivity contribution in [3.05, 3.63) is 71.8 Å². The number of hydrogen-bond donors (Lipinski definition) is 1. The Kier molecular flexibility index (Phi) is 5.00. The summed E-state index contributed by atoms with van der Waals surface area (Å²) in [4.78, 5) is 0. The summed E-state index contributed by atoms with van der Waals surface area (Å²) >= 11 is 5.74. The number of alkyl halides is 1. The Morgan fingerprint density at radius 1 is 0.789 bits per heavy atom. The molecule has 100 valence electrons. The van der Waals surface area contributed by atoms with Gasteiger partial charge < -0.3 is 5.11 Å². The fraction of sp³-hybridized carbons (Fsp3) is 0.294. The van der Waals surface area contributed by atoms with E-state index in [0.29, 0.717) is 12.3 Å². The van der Waals surface area contributed by atoms with Gasteiger partial charge in [0, 0.05) is 5.88 Å². The molecule has 2 aromatic carbocycles. The minimum atomic E-state index is -0.922. The monoisotopic (exact) mass is 274 g/mol. The van der Waals surface area contributed by atoms with Crippen LogP contribution in [0.5, 0.6) is 0 Å². The maximum Gasteiger partial charge on any atom is 0.115 e. The van der Waals surface area contributed by atoms with Gasteiger partial charge in [0.15, 0.2) is 0 Å². The average molecular weight is 275 g/mol. The van der Waals surface area contributed by atoms with E-state index in [1.807, 2.05) is 60.7 Å². The first-order valence-electron chi connectivity index (χ1n) is 6.67. The Hall–Kier alpha value is -1.31. The third kappa shape index (κ3) is 3.37. The van der Waals surface area contributed by atoms with Crippen LogP contribution in [0.25, 0.3) is 0 Å². The van der Waals surface area contributed by atoms with E-state index in [0.717, 1.165) is 24.0 Å². The lowest BCUT2D eigenvalue weighted by Crippen LogP contribution is -2.27. The van der Waals surface area contributed by atoms with Crippen molar-refractivity contribution in [3.8, 4) is 0 Å². The second kappa shape index (κ2) is 6.74. The van der Waals surface area contributed by atoms with Crippen LogP contribution in [0.2, 0.25) is 0 Å². The topological polar surface area (TPSA) is 20.2 Å². The Bertz CT molecular complexity index is 442. The molecule has 0 saturated carbocycles. The lowest BCUT2D eigenvalue weighted by Gasteiger charge is -2.29. The predicted octanol–water partition coefficient (Wildman–Crippen LogP) is 4.33. The zero-order chi connectivity index (χ0) is 13.6. The van der Waals surface area contributed by atoms with Crippen molar-refractivity contribution in [1.82, 2.24) is 0 Å². The van der Waals surface area contributed by atoms with Crippen molar-refractivity contribution in [2.75, 3.05) is 5.88 Å². The van der Waals surface area contributed by atoms with Crippen molar-refractivity contribution >= 4 is 11.6 Å². The van der Waals surface area contributed by atoms with Crippen LogP contribution in [0.4, 0.5) is 0 Å². The Morgan fingerprint density at radius 3 is 1.68 bits per heavy atom. The molecule has 1 nitrogen and oxygen atoms in total. The molecular formula is C17H19ClO. The van der Waals surface area contributed by atoms with Crippen LogP contribution in [-0.2, 0) is 5.60 Å². The third-order valence-electron chi connectivity index (χ3n) is 3.42. The van der Waals surface area contributed by atoms with Gasteiger partial charge in [-0.3, -0.25) is 0 Å². The molecule has 0 aromatic heterocycles. The van der Waals surface area contributed by atoms with Gasteiger partial charge in [-0.2, -0.15) is 0 Å². The average Bonchev–Trinajstić information content (AvgIpc) is 2.49. The lowest BCUT2D eigenvalue weighted by atomic mass is 9.82. The Morgan fingerprint density at radius 2 is 1.26 bits per heavy atom. The van der Waals surface area contributed by atoms with E-state index < -0.39 is 5.60 Å². The minimum Gasteiger partial charge on any atom is -0.380 e. The van der Waals surface area contributed by atoms with Gasteiger partial charge in [-0.25, -0.2) is 0 Å². The van der Waals surface area contributed by atoms with Gasteiger partial charge in [0.2, 0.25) is 0 Å². The smallest absolute Gasteiger partial charge is 0.115 e. The van der Waals surface area contributed by atoms with E-state index in [1.54, 1.807) is 0 Å². The molecule has 0 bridgehead atoms. The summed E-state index contributed by atoms with van der Waals surface area (Å²) in [6.07, 6.45) is 2.51. The molecule has 0 radical (unpaired) electrons. The van der Waals surface area contributed by atoms with Crippen LogP contribution in [0.15, 0.2) is 60.7 Å². The van der Waals surface area contributed by atoms with E-state index in [-0.39, 0.29) is 0 Å².